The fourth-order valence-corrected chi connectivity index (χ4v) is 3.94. The summed E-state index contributed by atoms with van der Waals surface area (Å²) >= 11 is 1.32. The fraction of sp³-hybridized carbons (Fsp3) is 0.400. The van der Waals surface area contributed by atoms with E-state index in [2.05, 4.69) is 16.4 Å². The minimum Gasteiger partial charge on any atom is -0.451 e. The largest absolute Gasteiger partial charge is 0.451 e. The molecule has 1 aromatic heterocycles. The Hall–Kier alpha value is -2.86. The molecule has 1 aliphatic carbocycles. The maximum atomic E-state index is 13.2. The first-order chi connectivity index (χ1) is 14.0. The predicted octanol–water partition coefficient (Wildman–Crippen LogP) is 3.23. The molecule has 1 N–H and O–H groups in total. The van der Waals surface area contributed by atoms with E-state index in [1.54, 1.807) is 10.8 Å². The standard InChI is InChI=1S/C20H21FN4O3S/c1-29-19-23-11-16(25(19)15-7-5-14(21)6-8-15)18(27)28-12-17(26)24-20(13-22)9-3-2-4-10-20/h5-8,11H,2-4,9-10,12H2,1H3,(H,24,26). The molecular formula is C20H21FN4O3S. The Kier molecular flexibility index (Phi) is 6.54. The molecule has 3 rings (SSSR count). The molecule has 0 unspecified atom stereocenters. The van der Waals surface area contributed by atoms with Crippen LogP contribution in [0.25, 0.3) is 5.69 Å². The van der Waals surface area contributed by atoms with E-state index >= 15 is 0 Å². The Morgan fingerprint density at radius 2 is 2.00 bits per heavy atom. The molecule has 1 heterocycles. The number of imidazole rings is 1. The van der Waals surface area contributed by atoms with E-state index in [-0.39, 0.29) is 5.69 Å². The number of amides is 1. The minimum absolute atomic E-state index is 0.126. The topological polar surface area (TPSA) is 97.0 Å². The number of carbonyl (C=O) groups is 2. The summed E-state index contributed by atoms with van der Waals surface area (Å²) in [5.74, 6) is -1.64. The molecule has 7 nitrogen and oxygen atoms in total. The van der Waals surface area contributed by atoms with Crippen molar-refractivity contribution in [2.75, 3.05) is 12.9 Å². The number of esters is 1. The Labute approximate surface area is 172 Å². The summed E-state index contributed by atoms with van der Waals surface area (Å²) < 4.78 is 19.9. The lowest BCUT2D eigenvalue weighted by Gasteiger charge is -2.31. The molecule has 2 aromatic rings. The number of ether oxygens (including phenoxy) is 1. The van der Waals surface area contributed by atoms with E-state index < -0.39 is 29.8 Å². The van der Waals surface area contributed by atoms with Gasteiger partial charge in [0.1, 0.15) is 11.4 Å². The van der Waals surface area contributed by atoms with Crippen LogP contribution in [0.15, 0.2) is 35.6 Å². The molecule has 152 valence electrons. The van der Waals surface area contributed by atoms with Crippen LogP contribution in [-0.4, -0.2) is 39.8 Å². The number of aromatic nitrogens is 2. The third-order valence-electron chi connectivity index (χ3n) is 4.84. The molecule has 1 fully saturated rings. The van der Waals surface area contributed by atoms with Gasteiger partial charge in [-0.2, -0.15) is 5.26 Å². The van der Waals surface area contributed by atoms with Crippen molar-refractivity contribution in [3.63, 3.8) is 0 Å². The predicted molar refractivity (Wildman–Crippen MR) is 105 cm³/mol. The number of hydrogen-bond donors (Lipinski definition) is 1. The Morgan fingerprint density at radius 3 is 2.62 bits per heavy atom. The molecule has 0 spiro atoms. The molecule has 0 bridgehead atoms. The molecular weight excluding hydrogens is 395 g/mol. The van der Waals surface area contributed by atoms with Crippen LogP contribution in [-0.2, 0) is 9.53 Å². The Bertz CT molecular complexity index is 930. The van der Waals surface area contributed by atoms with E-state index in [0.29, 0.717) is 23.7 Å². The van der Waals surface area contributed by atoms with Gasteiger partial charge in [0.2, 0.25) is 0 Å². The number of nitriles is 1. The van der Waals surface area contributed by atoms with Gasteiger partial charge >= 0.3 is 5.97 Å². The first-order valence-corrected chi connectivity index (χ1v) is 10.5. The van der Waals surface area contributed by atoms with Gasteiger partial charge in [0, 0.05) is 5.69 Å². The van der Waals surface area contributed by atoms with Gasteiger partial charge in [-0.05, 0) is 43.4 Å². The first kappa shape index (κ1) is 20.9. The summed E-state index contributed by atoms with van der Waals surface area (Å²) in [7, 11) is 0. The highest BCUT2D eigenvalue weighted by atomic mass is 32.2. The van der Waals surface area contributed by atoms with E-state index in [9.17, 15) is 19.2 Å². The van der Waals surface area contributed by atoms with Crippen molar-refractivity contribution >= 4 is 23.6 Å². The molecule has 1 aliphatic rings. The number of rotatable bonds is 6. The maximum absolute atomic E-state index is 13.2. The first-order valence-electron chi connectivity index (χ1n) is 9.25. The zero-order valence-corrected chi connectivity index (χ0v) is 16.8. The third-order valence-corrected chi connectivity index (χ3v) is 5.49. The van der Waals surface area contributed by atoms with Gasteiger partial charge in [-0.1, -0.05) is 31.0 Å². The summed E-state index contributed by atoms with van der Waals surface area (Å²) in [4.78, 5) is 29.0. The number of nitrogens with zero attached hydrogens (tertiary/aromatic N) is 3. The maximum Gasteiger partial charge on any atom is 0.357 e. The quantitative estimate of drug-likeness (QED) is 0.574. The number of hydrogen-bond acceptors (Lipinski definition) is 6. The minimum atomic E-state index is -0.885. The van der Waals surface area contributed by atoms with Crippen LogP contribution in [0.3, 0.4) is 0 Å². The Morgan fingerprint density at radius 1 is 1.31 bits per heavy atom. The van der Waals surface area contributed by atoms with Crippen molar-refractivity contribution < 1.29 is 18.7 Å². The molecule has 0 atom stereocenters. The molecule has 1 saturated carbocycles. The molecule has 0 radical (unpaired) electrons. The molecule has 0 aliphatic heterocycles. The monoisotopic (exact) mass is 416 g/mol. The van der Waals surface area contributed by atoms with Crippen LogP contribution in [0.5, 0.6) is 0 Å². The van der Waals surface area contributed by atoms with Crippen LogP contribution in [0.4, 0.5) is 4.39 Å². The molecule has 0 saturated heterocycles. The van der Waals surface area contributed by atoms with Crippen molar-refractivity contribution in [3.8, 4) is 11.8 Å². The number of halogens is 1. The van der Waals surface area contributed by atoms with Crippen LogP contribution in [0.1, 0.15) is 42.6 Å². The van der Waals surface area contributed by atoms with E-state index in [0.717, 1.165) is 19.3 Å². The molecule has 29 heavy (non-hydrogen) atoms. The van der Waals surface area contributed by atoms with Gasteiger partial charge in [0.25, 0.3) is 5.91 Å². The lowest BCUT2D eigenvalue weighted by Crippen LogP contribution is -2.50. The SMILES string of the molecule is CSc1ncc(C(=O)OCC(=O)NC2(C#N)CCCCC2)n1-c1ccc(F)cc1. The number of thioether (sulfide) groups is 1. The van der Waals surface area contributed by atoms with Gasteiger partial charge in [-0.3, -0.25) is 9.36 Å². The highest BCUT2D eigenvalue weighted by Gasteiger charge is 2.33. The number of carbonyl (C=O) groups excluding carboxylic acids is 2. The van der Waals surface area contributed by atoms with Crippen LogP contribution in [0, 0.1) is 17.1 Å². The second kappa shape index (κ2) is 9.09. The smallest absolute Gasteiger partial charge is 0.357 e. The van der Waals surface area contributed by atoms with Gasteiger partial charge in [-0.15, -0.1) is 0 Å². The zero-order valence-electron chi connectivity index (χ0n) is 16.0. The summed E-state index contributed by atoms with van der Waals surface area (Å²) in [5, 5.41) is 12.7. The van der Waals surface area contributed by atoms with E-state index in [1.165, 1.54) is 42.2 Å². The van der Waals surface area contributed by atoms with Gasteiger partial charge in [0.05, 0.1) is 12.3 Å². The third kappa shape index (κ3) is 4.77. The average Bonchev–Trinajstić information content (AvgIpc) is 3.17. The Balaban J connectivity index is 1.70. The average molecular weight is 416 g/mol. The van der Waals surface area contributed by atoms with Crippen molar-refractivity contribution in [2.45, 2.75) is 42.8 Å². The van der Waals surface area contributed by atoms with E-state index in [1.807, 2.05) is 0 Å². The van der Waals surface area contributed by atoms with Gasteiger partial charge in [-0.25, -0.2) is 14.2 Å². The van der Waals surface area contributed by atoms with Crippen molar-refractivity contribution in [3.05, 3.63) is 42.0 Å². The summed E-state index contributed by atoms with van der Waals surface area (Å²) in [6, 6.07) is 7.82. The summed E-state index contributed by atoms with van der Waals surface area (Å²) in [5.41, 5.74) is -0.208. The number of benzene rings is 1. The molecule has 1 aromatic carbocycles. The van der Waals surface area contributed by atoms with Crippen molar-refractivity contribution in [2.24, 2.45) is 0 Å². The van der Waals surface area contributed by atoms with Crippen LogP contribution >= 0.6 is 11.8 Å². The van der Waals surface area contributed by atoms with Crippen LogP contribution < -0.4 is 5.32 Å². The van der Waals surface area contributed by atoms with Crippen molar-refractivity contribution in [1.29, 1.82) is 5.26 Å². The molecule has 9 heteroatoms. The lowest BCUT2D eigenvalue weighted by atomic mass is 9.83. The van der Waals surface area contributed by atoms with Gasteiger partial charge < -0.3 is 10.1 Å². The van der Waals surface area contributed by atoms with Crippen LogP contribution in [0.2, 0.25) is 0 Å². The lowest BCUT2D eigenvalue weighted by molar-refractivity contribution is -0.125. The van der Waals surface area contributed by atoms with E-state index in [4.69, 9.17) is 4.74 Å². The van der Waals surface area contributed by atoms with Crippen molar-refractivity contribution in [1.82, 2.24) is 14.9 Å². The molecule has 1 amide bonds. The number of nitrogens with one attached hydrogen (secondary N) is 1. The second-order valence-corrected chi connectivity index (χ2v) is 7.59. The highest BCUT2D eigenvalue weighted by Crippen LogP contribution is 2.27. The fourth-order valence-electron chi connectivity index (χ4n) is 3.39. The zero-order chi connectivity index (χ0) is 20.9. The highest BCUT2D eigenvalue weighted by molar-refractivity contribution is 7.98. The summed E-state index contributed by atoms with van der Waals surface area (Å²) in [6.07, 6.45) is 7.14. The second-order valence-electron chi connectivity index (χ2n) is 6.82. The normalized spacial score (nSPS) is 15.3. The summed E-state index contributed by atoms with van der Waals surface area (Å²) in [6.45, 7) is -0.495. The van der Waals surface area contributed by atoms with Gasteiger partial charge in [0.15, 0.2) is 17.5 Å².